The maximum absolute atomic E-state index is 10.6. The summed E-state index contributed by atoms with van der Waals surface area (Å²) in [5.74, 6) is 0.143. The molecule has 0 fully saturated rings. The molecule has 0 amide bonds. The van der Waals surface area contributed by atoms with Gasteiger partial charge >= 0.3 is 5.97 Å². The summed E-state index contributed by atoms with van der Waals surface area (Å²) in [5.41, 5.74) is 0.822. The van der Waals surface area contributed by atoms with Crippen molar-refractivity contribution in [3.63, 3.8) is 0 Å². The molecule has 21 heavy (non-hydrogen) atoms. The third-order valence-corrected chi connectivity index (χ3v) is 3.27. The summed E-state index contributed by atoms with van der Waals surface area (Å²) in [7, 11) is 0. The van der Waals surface area contributed by atoms with Crippen LogP contribution in [0.3, 0.4) is 0 Å². The van der Waals surface area contributed by atoms with E-state index in [1.54, 1.807) is 12.1 Å². The standard InChI is InChI=1S/C14H16ClN3O3/c1-2-18(8-7-13(19)20)9-12-16-14(17-21-12)10-3-5-11(15)6-4-10/h3-6H,2,7-9H2,1H3,(H,19,20). The highest BCUT2D eigenvalue weighted by atomic mass is 35.5. The van der Waals surface area contributed by atoms with Crippen LogP contribution in [0.4, 0.5) is 0 Å². The second-order valence-electron chi connectivity index (χ2n) is 4.53. The molecule has 0 unspecified atom stereocenters. The molecule has 2 aromatic rings. The van der Waals surface area contributed by atoms with Crippen molar-refractivity contribution in [1.82, 2.24) is 15.0 Å². The fourth-order valence-corrected chi connectivity index (χ4v) is 1.96. The second kappa shape index (κ2) is 7.19. The third-order valence-electron chi connectivity index (χ3n) is 3.02. The quantitative estimate of drug-likeness (QED) is 0.847. The Hall–Kier alpha value is -1.92. The van der Waals surface area contributed by atoms with Gasteiger partial charge in [-0.15, -0.1) is 0 Å². The first-order chi connectivity index (χ1) is 10.1. The molecule has 0 saturated carbocycles. The predicted molar refractivity (Wildman–Crippen MR) is 77.9 cm³/mol. The minimum absolute atomic E-state index is 0.0893. The molecular weight excluding hydrogens is 294 g/mol. The molecule has 0 spiro atoms. The lowest BCUT2D eigenvalue weighted by Gasteiger charge is -2.16. The minimum Gasteiger partial charge on any atom is -0.481 e. The van der Waals surface area contributed by atoms with Crippen LogP contribution in [0.15, 0.2) is 28.8 Å². The van der Waals surface area contributed by atoms with Gasteiger partial charge in [0.05, 0.1) is 13.0 Å². The number of carboxylic acid groups (broad SMARTS) is 1. The van der Waals surface area contributed by atoms with Gasteiger partial charge in [-0.1, -0.05) is 23.7 Å². The smallest absolute Gasteiger partial charge is 0.304 e. The van der Waals surface area contributed by atoms with Gasteiger partial charge in [0.15, 0.2) is 0 Å². The van der Waals surface area contributed by atoms with Crippen LogP contribution >= 0.6 is 11.6 Å². The molecule has 0 radical (unpaired) electrons. The number of hydrogen-bond donors (Lipinski definition) is 1. The fraction of sp³-hybridized carbons (Fsp3) is 0.357. The number of rotatable bonds is 7. The van der Waals surface area contributed by atoms with Gasteiger partial charge < -0.3 is 9.63 Å². The first-order valence-corrected chi connectivity index (χ1v) is 6.99. The van der Waals surface area contributed by atoms with Crippen molar-refractivity contribution in [3.8, 4) is 11.4 Å². The Labute approximate surface area is 127 Å². The average Bonchev–Trinajstić information content (AvgIpc) is 2.92. The van der Waals surface area contributed by atoms with E-state index in [0.717, 1.165) is 5.56 Å². The number of aromatic nitrogens is 2. The fourth-order valence-electron chi connectivity index (χ4n) is 1.83. The average molecular weight is 310 g/mol. The van der Waals surface area contributed by atoms with Gasteiger partial charge in [0.1, 0.15) is 0 Å². The molecule has 0 bridgehead atoms. The molecule has 1 heterocycles. The van der Waals surface area contributed by atoms with Crippen molar-refractivity contribution < 1.29 is 14.4 Å². The number of halogens is 1. The van der Waals surface area contributed by atoms with E-state index in [1.165, 1.54) is 0 Å². The summed E-state index contributed by atoms with van der Waals surface area (Å²) in [5, 5.41) is 13.3. The summed E-state index contributed by atoms with van der Waals surface area (Å²) in [6.45, 7) is 3.55. The Bertz CT molecular complexity index is 598. The van der Waals surface area contributed by atoms with Crippen LogP contribution in [-0.2, 0) is 11.3 Å². The number of nitrogens with zero attached hydrogens (tertiary/aromatic N) is 3. The molecule has 2 rings (SSSR count). The summed E-state index contributed by atoms with van der Waals surface area (Å²) in [6, 6.07) is 7.16. The molecule has 0 aliphatic carbocycles. The van der Waals surface area contributed by atoms with E-state index >= 15 is 0 Å². The van der Waals surface area contributed by atoms with E-state index in [2.05, 4.69) is 10.1 Å². The Morgan fingerprint density at radius 1 is 1.38 bits per heavy atom. The Morgan fingerprint density at radius 3 is 2.71 bits per heavy atom. The molecule has 6 nitrogen and oxygen atoms in total. The Balaban J connectivity index is 2.01. The maximum Gasteiger partial charge on any atom is 0.304 e. The molecule has 1 N–H and O–H groups in total. The molecule has 1 aromatic heterocycles. The largest absolute Gasteiger partial charge is 0.481 e. The number of benzene rings is 1. The lowest BCUT2D eigenvalue weighted by atomic mass is 10.2. The first-order valence-electron chi connectivity index (χ1n) is 6.61. The highest BCUT2D eigenvalue weighted by Crippen LogP contribution is 2.19. The topological polar surface area (TPSA) is 79.5 Å². The van der Waals surface area contributed by atoms with E-state index in [-0.39, 0.29) is 6.42 Å². The van der Waals surface area contributed by atoms with Crippen molar-refractivity contribution in [2.45, 2.75) is 19.9 Å². The van der Waals surface area contributed by atoms with Crippen LogP contribution in [0.2, 0.25) is 5.02 Å². The number of carbonyl (C=O) groups is 1. The van der Waals surface area contributed by atoms with Crippen LogP contribution in [0, 0.1) is 0 Å². The lowest BCUT2D eigenvalue weighted by molar-refractivity contribution is -0.137. The first kappa shape index (κ1) is 15.5. The van der Waals surface area contributed by atoms with E-state index in [1.807, 2.05) is 24.0 Å². The number of hydrogen-bond acceptors (Lipinski definition) is 5. The van der Waals surface area contributed by atoms with Gasteiger partial charge in [-0.05, 0) is 30.8 Å². The Morgan fingerprint density at radius 2 is 2.10 bits per heavy atom. The molecule has 7 heteroatoms. The molecular formula is C14H16ClN3O3. The number of aliphatic carboxylic acids is 1. The van der Waals surface area contributed by atoms with Crippen molar-refractivity contribution in [3.05, 3.63) is 35.2 Å². The highest BCUT2D eigenvalue weighted by molar-refractivity contribution is 6.30. The molecule has 0 aliphatic rings. The van der Waals surface area contributed by atoms with Gasteiger partial charge in [-0.2, -0.15) is 4.98 Å². The predicted octanol–water partition coefficient (Wildman–Crippen LogP) is 2.69. The normalized spacial score (nSPS) is 11.0. The third kappa shape index (κ3) is 4.54. The second-order valence-corrected chi connectivity index (χ2v) is 4.97. The summed E-state index contributed by atoms with van der Waals surface area (Å²) >= 11 is 5.83. The van der Waals surface area contributed by atoms with E-state index < -0.39 is 5.97 Å². The van der Waals surface area contributed by atoms with Gasteiger partial charge in [0.2, 0.25) is 11.7 Å². The molecule has 1 aromatic carbocycles. The van der Waals surface area contributed by atoms with Crippen molar-refractivity contribution in [1.29, 1.82) is 0 Å². The van der Waals surface area contributed by atoms with E-state index in [4.69, 9.17) is 21.2 Å². The van der Waals surface area contributed by atoms with Gasteiger partial charge in [0.25, 0.3) is 0 Å². The van der Waals surface area contributed by atoms with E-state index in [0.29, 0.717) is 36.4 Å². The van der Waals surface area contributed by atoms with Crippen LogP contribution in [0.5, 0.6) is 0 Å². The zero-order chi connectivity index (χ0) is 15.2. The molecule has 0 atom stereocenters. The minimum atomic E-state index is -0.819. The van der Waals surface area contributed by atoms with E-state index in [9.17, 15) is 4.79 Å². The van der Waals surface area contributed by atoms with Crippen molar-refractivity contribution in [2.24, 2.45) is 0 Å². The van der Waals surface area contributed by atoms with Crippen molar-refractivity contribution >= 4 is 17.6 Å². The zero-order valence-corrected chi connectivity index (χ0v) is 12.4. The van der Waals surface area contributed by atoms with Crippen LogP contribution < -0.4 is 0 Å². The zero-order valence-electron chi connectivity index (χ0n) is 11.6. The van der Waals surface area contributed by atoms with Crippen LogP contribution in [0.1, 0.15) is 19.2 Å². The molecule has 0 aliphatic heterocycles. The van der Waals surface area contributed by atoms with Crippen molar-refractivity contribution in [2.75, 3.05) is 13.1 Å². The molecule has 0 saturated heterocycles. The van der Waals surface area contributed by atoms with Gasteiger partial charge in [0, 0.05) is 17.1 Å². The monoisotopic (exact) mass is 309 g/mol. The van der Waals surface area contributed by atoms with Crippen LogP contribution in [-0.4, -0.2) is 39.2 Å². The highest BCUT2D eigenvalue weighted by Gasteiger charge is 2.13. The lowest BCUT2D eigenvalue weighted by Crippen LogP contribution is -2.25. The summed E-state index contributed by atoms with van der Waals surface area (Å²) in [6.07, 6.45) is 0.0893. The SMILES string of the molecule is CCN(CCC(=O)O)Cc1nc(-c2ccc(Cl)cc2)no1. The van der Waals surface area contributed by atoms with Gasteiger partial charge in [-0.25, -0.2) is 0 Å². The summed E-state index contributed by atoms with van der Waals surface area (Å²) in [4.78, 5) is 16.9. The molecule has 112 valence electrons. The maximum atomic E-state index is 10.6. The number of carboxylic acids is 1. The Kier molecular flexibility index (Phi) is 5.30. The van der Waals surface area contributed by atoms with Gasteiger partial charge in [-0.3, -0.25) is 9.69 Å². The van der Waals surface area contributed by atoms with Crippen LogP contribution in [0.25, 0.3) is 11.4 Å². The summed E-state index contributed by atoms with van der Waals surface area (Å²) < 4.78 is 5.21.